The third-order valence-corrected chi connectivity index (χ3v) is 14.4. The summed E-state index contributed by atoms with van der Waals surface area (Å²) in [5, 5.41) is 15.6. The summed E-state index contributed by atoms with van der Waals surface area (Å²) < 4.78 is 56.4. The standard InChI is InChI=1S/C60H66N2O13S2/c1-5-6-7-8-9-10-11-12-13-16-33-70-45-24-26-47(27-25-45)75-77(68)62-44-21-30-54(73-56-36-52(59(66)61-32-31-57(64)69-4)58(65)51-18-15-14-17-50(51)56)43(34-44)37-71-46-22-19-42(20-23-46)38-76-39-53-40(2)49-29-28-48(72-41(3)63)35-55(49)74-60(53)67/h14-15,17-30,34-36,62,65H,5-13,16,31-33,37-39H2,1-4H3,(H,61,66). The van der Waals surface area contributed by atoms with Crippen molar-refractivity contribution in [1.82, 2.24) is 5.32 Å². The number of carbonyl (C=O) groups excluding carboxylic acids is 3. The molecule has 1 aromatic heterocycles. The Labute approximate surface area is 455 Å². The van der Waals surface area contributed by atoms with Gasteiger partial charge in [-0.05, 0) is 97.3 Å². The number of nitrogens with one attached hydrogen (secondary N) is 2. The number of amides is 1. The zero-order valence-electron chi connectivity index (χ0n) is 43.9. The molecule has 1 atom stereocenters. The first-order valence-corrected chi connectivity index (χ1v) is 28.2. The molecule has 0 fully saturated rings. The number of phenols is 1. The fraction of sp³-hybridized carbons (Fsp3) is 0.333. The SMILES string of the molecule is CCCCCCCCCCCCOc1ccc(OS(=O)Nc2ccc(Oc3cc(C(=O)NCCC(=O)OC)c(O)c4ccccc34)c(COc3ccc(CSCc4c(C)c5ccc(OC(C)=O)cc5oc4=O)cc3)c2)cc1. The van der Waals surface area contributed by atoms with Crippen LogP contribution in [0.2, 0.25) is 0 Å². The van der Waals surface area contributed by atoms with Crippen LogP contribution in [0.25, 0.3) is 21.7 Å². The van der Waals surface area contributed by atoms with Crippen LogP contribution in [0.4, 0.5) is 5.69 Å². The number of thioether (sulfide) groups is 1. The molecular weight excluding hydrogens is 1020 g/mol. The number of aromatic hydroxyl groups is 1. The van der Waals surface area contributed by atoms with Crippen LogP contribution in [0.15, 0.2) is 124 Å². The average Bonchev–Trinajstić information content (AvgIpc) is 3.42. The van der Waals surface area contributed by atoms with Gasteiger partial charge in [0.25, 0.3) is 5.91 Å². The van der Waals surface area contributed by atoms with Gasteiger partial charge < -0.3 is 42.7 Å². The van der Waals surface area contributed by atoms with Crippen LogP contribution in [0, 0.1) is 6.92 Å². The molecule has 6 aromatic carbocycles. The summed E-state index contributed by atoms with van der Waals surface area (Å²) in [6, 6.07) is 33.0. The summed E-state index contributed by atoms with van der Waals surface area (Å²) in [6.45, 7) is 6.02. The fourth-order valence-corrected chi connectivity index (χ4v) is 10.2. The third kappa shape index (κ3) is 17.0. The summed E-state index contributed by atoms with van der Waals surface area (Å²) in [7, 11) is 1.26. The zero-order valence-corrected chi connectivity index (χ0v) is 45.6. The quantitative estimate of drug-likeness (QED) is 0.0166. The second-order valence-electron chi connectivity index (χ2n) is 18.4. The molecule has 7 rings (SSSR count). The zero-order chi connectivity index (χ0) is 54.5. The number of aryl methyl sites for hydroxylation is 1. The number of methoxy groups -OCH3 is 1. The molecule has 0 saturated heterocycles. The first-order valence-electron chi connectivity index (χ1n) is 25.9. The van der Waals surface area contributed by atoms with Gasteiger partial charge in [-0.1, -0.05) is 101 Å². The molecule has 0 aliphatic rings. The van der Waals surface area contributed by atoms with Crippen molar-refractivity contribution in [3.8, 4) is 40.2 Å². The minimum absolute atomic E-state index is 0.0106. The third-order valence-electron chi connectivity index (χ3n) is 12.7. The van der Waals surface area contributed by atoms with E-state index >= 15 is 0 Å². The topological polar surface area (TPSA) is 198 Å². The van der Waals surface area contributed by atoms with Crippen LogP contribution in [0.5, 0.6) is 40.2 Å². The molecule has 0 saturated carbocycles. The lowest BCUT2D eigenvalue weighted by Crippen LogP contribution is -2.26. The molecule has 0 radical (unpaired) electrons. The van der Waals surface area contributed by atoms with Gasteiger partial charge in [0.2, 0.25) is 0 Å². The molecule has 7 aromatic rings. The Morgan fingerprint density at radius 3 is 2.09 bits per heavy atom. The predicted octanol–water partition coefficient (Wildman–Crippen LogP) is 13.4. The summed E-state index contributed by atoms with van der Waals surface area (Å²) in [4.78, 5) is 49.6. The minimum atomic E-state index is -2.01. The normalized spacial score (nSPS) is 11.5. The van der Waals surface area contributed by atoms with Crippen LogP contribution in [0.1, 0.15) is 117 Å². The Bertz CT molecular complexity index is 3200. The lowest BCUT2D eigenvalue weighted by Gasteiger charge is -2.17. The van der Waals surface area contributed by atoms with Gasteiger partial charge in [0.15, 0.2) is 0 Å². The Hall–Kier alpha value is -7.50. The highest BCUT2D eigenvalue weighted by Crippen LogP contribution is 2.40. The van der Waals surface area contributed by atoms with Crippen molar-refractivity contribution in [2.75, 3.05) is 25.0 Å². The number of hydrogen-bond donors (Lipinski definition) is 3. The van der Waals surface area contributed by atoms with Gasteiger partial charge in [-0.15, -0.1) is 0 Å². The molecular formula is C60H66N2O13S2. The first-order chi connectivity index (χ1) is 37.4. The number of phenolic OH excluding ortho intramolecular Hbond substituents is 1. The summed E-state index contributed by atoms with van der Waals surface area (Å²) in [5.74, 6) is 1.70. The lowest BCUT2D eigenvalue weighted by molar-refractivity contribution is -0.140. The number of ether oxygens (including phenoxy) is 5. The van der Waals surface area contributed by atoms with Gasteiger partial charge in [-0.2, -0.15) is 16.0 Å². The molecule has 406 valence electrons. The summed E-state index contributed by atoms with van der Waals surface area (Å²) in [6.07, 6.45) is 12.4. The van der Waals surface area contributed by atoms with E-state index in [4.69, 9.17) is 32.3 Å². The van der Waals surface area contributed by atoms with Crippen LogP contribution in [-0.4, -0.2) is 47.4 Å². The molecule has 17 heteroatoms. The van der Waals surface area contributed by atoms with Gasteiger partial charge in [-0.3, -0.25) is 19.1 Å². The Morgan fingerprint density at radius 2 is 1.38 bits per heavy atom. The molecule has 1 amide bonds. The second-order valence-corrected chi connectivity index (χ2v) is 20.2. The highest BCUT2D eigenvalue weighted by molar-refractivity contribution is 7.97. The van der Waals surface area contributed by atoms with E-state index in [1.54, 1.807) is 90.6 Å². The smallest absolute Gasteiger partial charge is 0.340 e. The Kier molecular flexibility index (Phi) is 21.6. The van der Waals surface area contributed by atoms with Crippen molar-refractivity contribution >= 4 is 68.3 Å². The van der Waals surface area contributed by atoms with Gasteiger partial charge in [0.1, 0.15) is 52.4 Å². The number of rotatable bonds is 30. The van der Waals surface area contributed by atoms with Crippen LogP contribution in [0.3, 0.4) is 0 Å². The summed E-state index contributed by atoms with van der Waals surface area (Å²) >= 11 is -0.457. The number of hydrogen-bond acceptors (Lipinski definition) is 14. The van der Waals surface area contributed by atoms with E-state index in [9.17, 15) is 28.5 Å². The largest absolute Gasteiger partial charge is 0.506 e. The van der Waals surface area contributed by atoms with Crippen LogP contribution in [-0.2, 0) is 43.7 Å². The molecule has 15 nitrogen and oxygen atoms in total. The Balaban J connectivity index is 1.01. The molecule has 1 heterocycles. The molecule has 1 unspecified atom stereocenters. The van der Waals surface area contributed by atoms with E-state index < -0.39 is 34.7 Å². The van der Waals surface area contributed by atoms with Crippen molar-refractivity contribution < 1.29 is 56.0 Å². The highest BCUT2D eigenvalue weighted by atomic mass is 32.2. The molecule has 0 bridgehead atoms. The van der Waals surface area contributed by atoms with E-state index in [1.807, 2.05) is 31.2 Å². The molecule has 0 aliphatic heterocycles. The van der Waals surface area contributed by atoms with Gasteiger partial charge in [0.05, 0.1) is 37.0 Å². The van der Waals surface area contributed by atoms with Crippen LogP contribution < -0.4 is 38.8 Å². The number of esters is 2. The van der Waals surface area contributed by atoms with Gasteiger partial charge in [0, 0.05) is 52.8 Å². The fourth-order valence-electron chi connectivity index (χ4n) is 8.49. The number of carbonyl (C=O) groups is 3. The average molecular weight is 1090 g/mol. The van der Waals surface area contributed by atoms with Crippen molar-refractivity contribution in [3.05, 3.63) is 153 Å². The Morgan fingerprint density at radius 1 is 0.714 bits per heavy atom. The maximum absolute atomic E-state index is 13.4. The minimum Gasteiger partial charge on any atom is -0.506 e. The van der Waals surface area contributed by atoms with Gasteiger partial charge in [-0.25, -0.2) is 4.79 Å². The van der Waals surface area contributed by atoms with Gasteiger partial charge >= 0.3 is 28.8 Å². The molecule has 0 aliphatic carbocycles. The molecule has 0 spiro atoms. The van der Waals surface area contributed by atoms with E-state index in [2.05, 4.69) is 17.0 Å². The lowest BCUT2D eigenvalue weighted by atomic mass is 10.0. The second kappa shape index (κ2) is 29.1. The monoisotopic (exact) mass is 1090 g/mol. The maximum Gasteiger partial charge on any atom is 0.340 e. The number of fused-ring (bicyclic) bond motifs is 2. The van der Waals surface area contributed by atoms with Crippen molar-refractivity contribution in [1.29, 1.82) is 0 Å². The number of benzene rings is 6. The van der Waals surface area contributed by atoms with Crippen LogP contribution >= 0.6 is 11.8 Å². The molecule has 3 N–H and O–H groups in total. The molecule has 77 heavy (non-hydrogen) atoms. The van der Waals surface area contributed by atoms with E-state index in [1.165, 1.54) is 77.5 Å². The van der Waals surface area contributed by atoms with E-state index in [0.29, 0.717) is 80.0 Å². The highest BCUT2D eigenvalue weighted by Gasteiger charge is 2.21. The van der Waals surface area contributed by atoms with E-state index in [0.717, 1.165) is 29.4 Å². The van der Waals surface area contributed by atoms with Crippen molar-refractivity contribution in [2.24, 2.45) is 0 Å². The number of unbranched alkanes of at least 4 members (excludes halogenated alkanes) is 9. The predicted molar refractivity (Wildman–Crippen MR) is 302 cm³/mol. The first kappa shape index (κ1) is 57.2. The summed E-state index contributed by atoms with van der Waals surface area (Å²) in [5.41, 5.74) is 3.13. The maximum atomic E-state index is 13.4. The van der Waals surface area contributed by atoms with Crippen molar-refractivity contribution in [3.63, 3.8) is 0 Å². The van der Waals surface area contributed by atoms with Crippen molar-refractivity contribution in [2.45, 2.75) is 110 Å². The van der Waals surface area contributed by atoms with E-state index in [-0.39, 0.29) is 36.6 Å². The number of anilines is 1.